The Morgan fingerprint density at radius 3 is 2.30 bits per heavy atom. The number of benzene rings is 1. The maximum absolute atomic E-state index is 13.1. The van der Waals surface area contributed by atoms with Crippen molar-refractivity contribution in [3.8, 4) is 11.1 Å². The molecule has 2 aliphatic heterocycles. The summed E-state index contributed by atoms with van der Waals surface area (Å²) >= 11 is 0. The smallest absolute Gasteiger partial charge is 0.407 e. The molecular formula is C34H44N6O3. The number of piperidine rings is 2. The highest BCUT2D eigenvalue weighted by Gasteiger charge is 2.25. The van der Waals surface area contributed by atoms with Gasteiger partial charge in [-0.1, -0.05) is 18.2 Å². The molecule has 9 heteroatoms. The number of likely N-dealkylation sites (tertiary alicyclic amines) is 1. The predicted octanol–water partition coefficient (Wildman–Crippen LogP) is 5.34. The topological polar surface area (TPSA) is 99.7 Å². The average molecular weight is 585 g/mol. The van der Waals surface area contributed by atoms with E-state index in [2.05, 4.69) is 44.5 Å². The molecule has 9 nitrogen and oxygen atoms in total. The first-order valence-corrected chi connectivity index (χ1v) is 15.4. The quantitative estimate of drug-likeness (QED) is 0.387. The number of nitrogens with zero attached hydrogens (tertiary/aromatic N) is 4. The van der Waals surface area contributed by atoms with Crippen molar-refractivity contribution in [1.29, 1.82) is 0 Å². The van der Waals surface area contributed by atoms with E-state index in [0.29, 0.717) is 5.56 Å². The lowest BCUT2D eigenvalue weighted by atomic mass is 9.98. The van der Waals surface area contributed by atoms with Crippen molar-refractivity contribution in [1.82, 2.24) is 25.5 Å². The maximum atomic E-state index is 13.1. The molecule has 2 aliphatic rings. The van der Waals surface area contributed by atoms with Crippen LogP contribution in [-0.4, -0.2) is 70.7 Å². The molecule has 1 aromatic carbocycles. The van der Waals surface area contributed by atoms with E-state index in [1.807, 2.05) is 63.5 Å². The van der Waals surface area contributed by atoms with Crippen molar-refractivity contribution in [3.63, 3.8) is 0 Å². The first-order chi connectivity index (χ1) is 20.6. The number of pyridine rings is 2. The highest BCUT2D eigenvalue weighted by Crippen LogP contribution is 2.25. The number of hydrogen-bond acceptors (Lipinski definition) is 7. The summed E-state index contributed by atoms with van der Waals surface area (Å²) in [6.45, 7) is 12.1. The van der Waals surface area contributed by atoms with E-state index in [0.717, 1.165) is 80.9 Å². The minimum absolute atomic E-state index is 0.0203. The Labute approximate surface area is 255 Å². The van der Waals surface area contributed by atoms with E-state index in [1.165, 1.54) is 5.56 Å². The van der Waals surface area contributed by atoms with Crippen molar-refractivity contribution in [2.75, 3.05) is 31.1 Å². The number of carbonyl (C=O) groups is 2. The fourth-order valence-corrected chi connectivity index (χ4v) is 5.78. The first kappa shape index (κ1) is 30.5. The Hall–Kier alpha value is -3.98. The number of amides is 2. The van der Waals surface area contributed by atoms with E-state index >= 15 is 0 Å². The van der Waals surface area contributed by atoms with Crippen LogP contribution in [0, 0.1) is 6.92 Å². The Morgan fingerprint density at radius 1 is 0.930 bits per heavy atom. The third kappa shape index (κ3) is 8.54. The van der Waals surface area contributed by atoms with Crippen LogP contribution in [0.25, 0.3) is 11.1 Å². The highest BCUT2D eigenvalue weighted by molar-refractivity contribution is 5.96. The van der Waals surface area contributed by atoms with Crippen LogP contribution in [-0.2, 0) is 11.3 Å². The van der Waals surface area contributed by atoms with Gasteiger partial charge in [0.15, 0.2) is 0 Å². The molecule has 0 radical (unpaired) electrons. The molecule has 0 unspecified atom stereocenters. The SMILES string of the molecule is Cc1ccc(C(=O)NC2CCN(Cc3ccc(N4CCC(NC(=O)OC(C)(C)C)CC4)nc3)CC2)cc1-c1cccnc1. The van der Waals surface area contributed by atoms with Gasteiger partial charge in [-0.05, 0) is 94.3 Å². The molecule has 2 saturated heterocycles. The molecule has 2 amide bonds. The normalized spacial score (nSPS) is 17.0. The van der Waals surface area contributed by atoms with Crippen LogP contribution in [0.15, 0.2) is 61.1 Å². The lowest BCUT2D eigenvalue weighted by molar-refractivity contribution is 0.0497. The van der Waals surface area contributed by atoms with Gasteiger partial charge in [0.25, 0.3) is 5.91 Å². The van der Waals surface area contributed by atoms with Gasteiger partial charge >= 0.3 is 6.09 Å². The summed E-state index contributed by atoms with van der Waals surface area (Å²) in [5.41, 5.74) is 4.56. The van der Waals surface area contributed by atoms with Crippen LogP contribution < -0.4 is 15.5 Å². The zero-order valence-corrected chi connectivity index (χ0v) is 25.8. The fourth-order valence-electron chi connectivity index (χ4n) is 5.78. The number of hydrogen-bond donors (Lipinski definition) is 2. The van der Waals surface area contributed by atoms with Crippen molar-refractivity contribution in [2.24, 2.45) is 0 Å². The minimum Gasteiger partial charge on any atom is -0.444 e. The molecule has 0 bridgehead atoms. The van der Waals surface area contributed by atoms with Crippen molar-refractivity contribution < 1.29 is 14.3 Å². The van der Waals surface area contributed by atoms with Crippen LogP contribution >= 0.6 is 0 Å². The van der Waals surface area contributed by atoms with Gasteiger partial charge in [-0.3, -0.25) is 14.7 Å². The molecule has 0 spiro atoms. The molecule has 4 heterocycles. The molecule has 228 valence electrons. The molecule has 2 fully saturated rings. The summed E-state index contributed by atoms with van der Waals surface area (Å²) in [7, 11) is 0. The maximum Gasteiger partial charge on any atom is 0.407 e. The van der Waals surface area contributed by atoms with E-state index in [4.69, 9.17) is 9.72 Å². The van der Waals surface area contributed by atoms with Crippen LogP contribution in [0.5, 0.6) is 0 Å². The number of nitrogens with one attached hydrogen (secondary N) is 2. The Balaban J connectivity index is 1.05. The molecule has 0 saturated carbocycles. The van der Waals surface area contributed by atoms with Gasteiger partial charge in [0.05, 0.1) is 0 Å². The van der Waals surface area contributed by atoms with Crippen LogP contribution in [0.3, 0.4) is 0 Å². The molecule has 5 rings (SSSR count). The largest absolute Gasteiger partial charge is 0.444 e. The second-order valence-electron chi connectivity index (χ2n) is 12.7. The van der Waals surface area contributed by atoms with Crippen LogP contribution in [0.4, 0.5) is 10.6 Å². The summed E-state index contributed by atoms with van der Waals surface area (Å²) in [5.74, 6) is 0.955. The number of aryl methyl sites for hydroxylation is 1. The second kappa shape index (κ2) is 13.5. The van der Waals surface area contributed by atoms with Gasteiger partial charge < -0.3 is 20.3 Å². The monoisotopic (exact) mass is 584 g/mol. The summed E-state index contributed by atoms with van der Waals surface area (Å²) < 4.78 is 5.39. The molecule has 0 aliphatic carbocycles. The summed E-state index contributed by atoms with van der Waals surface area (Å²) in [5, 5.41) is 6.25. The number of alkyl carbamates (subject to hydrolysis) is 1. The molecule has 3 aromatic rings. The number of rotatable bonds is 7. The third-order valence-corrected chi connectivity index (χ3v) is 8.15. The fraction of sp³-hybridized carbons (Fsp3) is 0.471. The summed E-state index contributed by atoms with van der Waals surface area (Å²) in [6.07, 6.45) is 8.79. The van der Waals surface area contributed by atoms with Gasteiger partial charge in [0, 0.05) is 74.5 Å². The average Bonchev–Trinajstić information content (AvgIpc) is 2.99. The van der Waals surface area contributed by atoms with E-state index in [1.54, 1.807) is 6.20 Å². The van der Waals surface area contributed by atoms with Gasteiger partial charge in [-0.15, -0.1) is 0 Å². The Bertz CT molecular complexity index is 1370. The highest BCUT2D eigenvalue weighted by atomic mass is 16.6. The zero-order valence-electron chi connectivity index (χ0n) is 25.8. The summed E-state index contributed by atoms with van der Waals surface area (Å²) in [6, 6.07) is 14.4. The lowest BCUT2D eigenvalue weighted by Crippen LogP contribution is -2.46. The van der Waals surface area contributed by atoms with Gasteiger partial charge in [0.2, 0.25) is 0 Å². The lowest BCUT2D eigenvalue weighted by Gasteiger charge is -2.34. The van der Waals surface area contributed by atoms with Crippen LogP contribution in [0.2, 0.25) is 0 Å². The molecular weight excluding hydrogens is 540 g/mol. The summed E-state index contributed by atoms with van der Waals surface area (Å²) in [4.78, 5) is 38.9. The van der Waals surface area contributed by atoms with Gasteiger partial charge in [-0.2, -0.15) is 0 Å². The van der Waals surface area contributed by atoms with Gasteiger partial charge in [0.1, 0.15) is 11.4 Å². The number of anilines is 1. The molecule has 2 aromatic heterocycles. The minimum atomic E-state index is -0.490. The second-order valence-corrected chi connectivity index (χ2v) is 12.7. The molecule has 43 heavy (non-hydrogen) atoms. The third-order valence-electron chi connectivity index (χ3n) is 8.15. The Morgan fingerprint density at radius 2 is 1.65 bits per heavy atom. The van der Waals surface area contributed by atoms with E-state index < -0.39 is 5.60 Å². The van der Waals surface area contributed by atoms with Crippen molar-refractivity contribution in [3.05, 3.63) is 77.7 Å². The van der Waals surface area contributed by atoms with Gasteiger partial charge in [-0.25, -0.2) is 9.78 Å². The zero-order chi connectivity index (χ0) is 30.4. The van der Waals surface area contributed by atoms with E-state index in [9.17, 15) is 9.59 Å². The predicted molar refractivity (Wildman–Crippen MR) is 169 cm³/mol. The van der Waals surface area contributed by atoms with Crippen LogP contribution in [0.1, 0.15) is 67.9 Å². The van der Waals surface area contributed by atoms with Crippen molar-refractivity contribution >= 4 is 17.8 Å². The first-order valence-electron chi connectivity index (χ1n) is 15.4. The number of carbonyl (C=O) groups excluding carboxylic acids is 2. The molecule has 2 N–H and O–H groups in total. The molecule has 0 atom stereocenters. The number of ether oxygens (including phenoxy) is 1. The Kier molecular flexibility index (Phi) is 9.60. The standard InChI is InChI=1S/C34H44N6O3/c1-24-7-9-26(20-30(24)27-6-5-15-35-22-27)32(41)37-28-11-16-39(17-12-28)23-25-8-10-31(36-21-25)40-18-13-29(14-19-40)38-33(42)43-34(2,3)4/h5-10,15,20-22,28-29H,11-14,16-19,23H2,1-4H3,(H,37,41)(H,38,42). The van der Waals surface area contributed by atoms with E-state index in [-0.39, 0.29) is 24.1 Å². The number of aromatic nitrogens is 2. The van der Waals surface area contributed by atoms with Crippen molar-refractivity contribution in [2.45, 2.75) is 77.6 Å².